The number of hydrogen-bond acceptors (Lipinski definition) is 4. The quantitative estimate of drug-likeness (QED) is 0.761. The van der Waals surface area contributed by atoms with Gasteiger partial charge in [-0.1, -0.05) is 0 Å². The van der Waals surface area contributed by atoms with E-state index in [4.69, 9.17) is 0 Å². The van der Waals surface area contributed by atoms with Crippen LogP contribution in [0.2, 0.25) is 0 Å². The van der Waals surface area contributed by atoms with Gasteiger partial charge in [0.15, 0.2) is 0 Å². The Balaban J connectivity index is 1.40. The van der Waals surface area contributed by atoms with E-state index in [1.807, 2.05) is 0 Å². The normalized spacial score (nSPS) is 17.1. The van der Waals surface area contributed by atoms with Crippen molar-refractivity contribution in [1.82, 2.24) is 9.62 Å². The molecule has 0 bridgehead atoms. The number of nitrogens with one attached hydrogen (secondary N) is 2. The van der Waals surface area contributed by atoms with Gasteiger partial charge in [0, 0.05) is 35.9 Å². The molecule has 2 amide bonds. The van der Waals surface area contributed by atoms with Crippen LogP contribution in [0.1, 0.15) is 46.4 Å². The fraction of sp³-hybridized carbons (Fsp3) is 0.333. The van der Waals surface area contributed by atoms with Crippen LogP contribution < -0.4 is 10.6 Å². The maximum Gasteiger partial charge on any atom is 0.255 e. The maximum atomic E-state index is 12.6. The standard InChI is InChI=1S/C21H23N3O4S/c25-20(23-18-9-10-18)15-3-7-17(8-4-15)22-21(26)16-5-11-19(12-6-16)29(27,28)24-13-1-2-14-24/h3-8,11-12,18H,1-2,9-10,13-14H2,(H,22,26)(H,23,25). The average Bonchev–Trinajstić information content (AvgIpc) is 3.35. The topological polar surface area (TPSA) is 95.6 Å². The number of carbonyl (C=O) groups excluding carboxylic acids is 2. The van der Waals surface area contributed by atoms with Crippen LogP contribution in [-0.4, -0.2) is 43.7 Å². The predicted octanol–water partition coefficient (Wildman–Crippen LogP) is 2.62. The summed E-state index contributed by atoms with van der Waals surface area (Å²) in [7, 11) is -3.49. The minimum atomic E-state index is -3.49. The number of anilines is 1. The van der Waals surface area contributed by atoms with E-state index in [1.54, 1.807) is 24.3 Å². The molecule has 2 fully saturated rings. The van der Waals surface area contributed by atoms with Crippen LogP contribution in [-0.2, 0) is 10.0 Å². The summed E-state index contributed by atoms with van der Waals surface area (Å²) in [6.45, 7) is 1.08. The summed E-state index contributed by atoms with van der Waals surface area (Å²) < 4.78 is 26.6. The molecule has 1 saturated carbocycles. The Hall–Kier alpha value is -2.71. The van der Waals surface area contributed by atoms with Crippen molar-refractivity contribution in [1.29, 1.82) is 0 Å². The number of nitrogens with zero attached hydrogens (tertiary/aromatic N) is 1. The molecule has 7 nitrogen and oxygen atoms in total. The highest BCUT2D eigenvalue weighted by Gasteiger charge is 2.27. The molecule has 29 heavy (non-hydrogen) atoms. The van der Waals surface area contributed by atoms with Crippen LogP contribution in [0.5, 0.6) is 0 Å². The summed E-state index contributed by atoms with van der Waals surface area (Å²) >= 11 is 0. The SMILES string of the molecule is O=C(Nc1ccc(C(=O)NC2CC2)cc1)c1ccc(S(=O)(=O)N2CCCC2)cc1. The summed E-state index contributed by atoms with van der Waals surface area (Å²) in [5.41, 5.74) is 1.47. The van der Waals surface area contributed by atoms with Crippen molar-refractivity contribution in [2.45, 2.75) is 36.6 Å². The number of amides is 2. The third-order valence-electron chi connectivity index (χ3n) is 5.14. The van der Waals surface area contributed by atoms with Gasteiger partial charge in [-0.25, -0.2) is 8.42 Å². The number of rotatable bonds is 6. The Morgan fingerprint density at radius 1 is 0.828 bits per heavy atom. The van der Waals surface area contributed by atoms with Gasteiger partial charge in [-0.05, 0) is 74.2 Å². The first-order chi connectivity index (χ1) is 13.9. The molecule has 1 aliphatic heterocycles. The van der Waals surface area contributed by atoms with Crippen LogP contribution in [0.4, 0.5) is 5.69 Å². The van der Waals surface area contributed by atoms with E-state index < -0.39 is 10.0 Å². The molecular weight excluding hydrogens is 390 g/mol. The van der Waals surface area contributed by atoms with Gasteiger partial charge < -0.3 is 10.6 Å². The zero-order valence-corrected chi connectivity index (χ0v) is 16.7. The Labute approximate surface area is 170 Å². The highest BCUT2D eigenvalue weighted by Crippen LogP contribution is 2.22. The van der Waals surface area contributed by atoms with E-state index in [-0.39, 0.29) is 16.7 Å². The van der Waals surface area contributed by atoms with Crippen LogP contribution in [0.25, 0.3) is 0 Å². The molecule has 0 unspecified atom stereocenters. The lowest BCUT2D eigenvalue weighted by atomic mass is 10.1. The lowest BCUT2D eigenvalue weighted by molar-refractivity contribution is 0.0950. The van der Waals surface area contributed by atoms with Gasteiger partial charge in [0.2, 0.25) is 10.0 Å². The molecule has 8 heteroatoms. The molecule has 4 rings (SSSR count). The minimum Gasteiger partial charge on any atom is -0.349 e. The van der Waals surface area contributed by atoms with Gasteiger partial charge in [-0.3, -0.25) is 9.59 Å². The van der Waals surface area contributed by atoms with E-state index >= 15 is 0 Å². The molecule has 0 atom stereocenters. The molecule has 2 aromatic carbocycles. The first-order valence-electron chi connectivity index (χ1n) is 9.76. The maximum absolute atomic E-state index is 12.6. The van der Waals surface area contributed by atoms with Crippen LogP contribution in [0.3, 0.4) is 0 Å². The molecule has 152 valence electrons. The fourth-order valence-electron chi connectivity index (χ4n) is 3.26. The third kappa shape index (κ3) is 4.49. The summed E-state index contributed by atoms with van der Waals surface area (Å²) in [6.07, 6.45) is 3.80. The molecule has 2 aromatic rings. The van der Waals surface area contributed by atoms with Gasteiger partial charge >= 0.3 is 0 Å². The van der Waals surface area contributed by atoms with Gasteiger partial charge in [0.1, 0.15) is 0 Å². The smallest absolute Gasteiger partial charge is 0.255 e. The largest absolute Gasteiger partial charge is 0.349 e. The molecule has 2 aliphatic rings. The average molecular weight is 413 g/mol. The zero-order valence-electron chi connectivity index (χ0n) is 15.9. The van der Waals surface area contributed by atoms with Gasteiger partial charge in [-0.2, -0.15) is 4.31 Å². The first kappa shape index (κ1) is 19.6. The number of sulfonamides is 1. The Morgan fingerprint density at radius 2 is 1.38 bits per heavy atom. The monoisotopic (exact) mass is 413 g/mol. The summed E-state index contributed by atoms with van der Waals surface area (Å²) in [6, 6.07) is 12.9. The lowest BCUT2D eigenvalue weighted by Crippen LogP contribution is -2.27. The second-order valence-electron chi connectivity index (χ2n) is 7.41. The van der Waals surface area contributed by atoms with Crippen molar-refractivity contribution in [2.24, 2.45) is 0 Å². The Morgan fingerprint density at radius 3 is 1.97 bits per heavy atom. The van der Waals surface area contributed by atoms with Crippen molar-refractivity contribution in [3.8, 4) is 0 Å². The van der Waals surface area contributed by atoms with Crippen LogP contribution in [0, 0.1) is 0 Å². The van der Waals surface area contributed by atoms with Crippen molar-refractivity contribution in [2.75, 3.05) is 18.4 Å². The van der Waals surface area contributed by atoms with Crippen molar-refractivity contribution in [3.05, 3.63) is 59.7 Å². The van der Waals surface area contributed by atoms with Crippen molar-refractivity contribution in [3.63, 3.8) is 0 Å². The van der Waals surface area contributed by atoms with Gasteiger partial charge in [0.25, 0.3) is 11.8 Å². The highest BCUT2D eigenvalue weighted by molar-refractivity contribution is 7.89. The molecule has 0 radical (unpaired) electrons. The van der Waals surface area contributed by atoms with Crippen molar-refractivity contribution >= 4 is 27.5 Å². The van der Waals surface area contributed by atoms with E-state index in [0.29, 0.717) is 35.9 Å². The number of carbonyl (C=O) groups is 2. The lowest BCUT2D eigenvalue weighted by Gasteiger charge is -2.15. The molecule has 1 saturated heterocycles. The fourth-order valence-corrected chi connectivity index (χ4v) is 4.78. The first-order valence-corrected chi connectivity index (χ1v) is 11.2. The van der Waals surface area contributed by atoms with E-state index in [1.165, 1.54) is 28.6 Å². The van der Waals surface area contributed by atoms with Gasteiger partial charge in [0.05, 0.1) is 4.90 Å². The second kappa shape index (κ2) is 7.96. The predicted molar refractivity (Wildman–Crippen MR) is 109 cm³/mol. The van der Waals surface area contributed by atoms with Crippen LogP contribution >= 0.6 is 0 Å². The van der Waals surface area contributed by atoms with Crippen molar-refractivity contribution < 1.29 is 18.0 Å². The Kier molecular flexibility index (Phi) is 5.38. The van der Waals surface area contributed by atoms with Gasteiger partial charge in [-0.15, -0.1) is 0 Å². The molecular formula is C21H23N3O4S. The highest BCUT2D eigenvalue weighted by atomic mass is 32.2. The second-order valence-corrected chi connectivity index (χ2v) is 9.35. The molecule has 0 aromatic heterocycles. The molecule has 2 N–H and O–H groups in total. The number of hydrogen-bond donors (Lipinski definition) is 2. The summed E-state index contributed by atoms with van der Waals surface area (Å²) in [4.78, 5) is 24.7. The number of benzene rings is 2. The van der Waals surface area contributed by atoms with E-state index in [0.717, 1.165) is 25.7 Å². The molecule has 0 spiro atoms. The summed E-state index contributed by atoms with van der Waals surface area (Å²) in [5.74, 6) is -0.453. The zero-order chi connectivity index (χ0) is 20.4. The van der Waals surface area contributed by atoms with Crippen LogP contribution in [0.15, 0.2) is 53.4 Å². The van der Waals surface area contributed by atoms with E-state index in [9.17, 15) is 18.0 Å². The summed E-state index contributed by atoms with van der Waals surface area (Å²) in [5, 5.41) is 5.68. The molecule has 1 aliphatic carbocycles. The van der Waals surface area contributed by atoms with E-state index in [2.05, 4.69) is 10.6 Å². The third-order valence-corrected chi connectivity index (χ3v) is 7.05. The Bertz CT molecular complexity index is 1010. The minimum absolute atomic E-state index is 0.111. The molecule has 1 heterocycles.